The maximum atomic E-state index is 9.13. The number of rotatable bonds is 2. The van der Waals surface area contributed by atoms with Gasteiger partial charge in [-0.2, -0.15) is 5.26 Å². The summed E-state index contributed by atoms with van der Waals surface area (Å²) in [5.41, 5.74) is 1.84. The Balaban J connectivity index is 3.34. The molecule has 86 valence electrons. The molecule has 0 heterocycles. The fourth-order valence-corrected chi connectivity index (χ4v) is 2.18. The van der Waals surface area contributed by atoms with Crippen LogP contribution in [0.3, 0.4) is 0 Å². The molecule has 0 amide bonds. The van der Waals surface area contributed by atoms with Crippen molar-refractivity contribution in [2.75, 3.05) is 6.61 Å². The summed E-state index contributed by atoms with van der Waals surface area (Å²) < 4.78 is 6.50. The van der Waals surface area contributed by atoms with Gasteiger partial charge in [0.05, 0.1) is 15.7 Å². The van der Waals surface area contributed by atoms with E-state index in [0.29, 0.717) is 17.9 Å². The third kappa shape index (κ3) is 2.88. The van der Waals surface area contributed by atoms with Gasteiger partial charge in [-0.1, -0.05) is 20.8 Å². The normalized spacial score (nSPS) is 11.0. The highest BCUT2D eigenvalue weighted by Crippen LogP contribution is 2.32. The third-order valence-corrected chi connectivity index (χ3v) is 3.12. The summed E-state index contributed by atoms with van der Waals surface area (Å²) in [5.74, 6) is 0.707. The molecule has 0 saturated heterocycles. The molecule has 0 aromatic heterocycles. The van der Waals surface area contributed by atoms with Gasteiger partial charge in [0.1, 0.15) is 11.8 Å². The Morgan fingerprint density at radius 2 is 2.00 bits per heavy atom. The first-order valence-electron chi connectivity index (χ1n) is 5.27. The van der Waals surface area contributed by atoms with Crippen molar-refractivity contribution in [1.82, 2.24) is 0 Å². The Morgan fingerprint density at radius 3 is 2.44 bits per heavy atom. The molecule has 16 heavy (non-hydrogen) atoms. The molecule has 0 N–H and O–H groups in total. The van der Waals surface area contributed by atoms with E-state index in [1.54, 1.807) is 0 Å². The Kier molecular flexibility index (Phi) is 4.20. The largest absolute Gasteiger partial charge is 0.491 e. The van der Waals surface area contributed by atoms with E-state index >= 15 is 0 Å². The van der Waals surface area contributed by atoms with E-state index in [-0.39, 0.29) is 5.41 Å². The molecule has 1 aromatic rings. The monoisotopic (exact) mass is 329 g/mol. The molecule has 0 unspecified atom stereocenters. The van der Waals surface area contributed by atoms with Crippen molar-refractivity contribution in [2.45, 2.75) is 33.1 Å². The molecule has 0 aliphatic rings. The van der Waals surface area contributed by atoms with Crippen LogP contribution in [-0.2, 0) is 5.41 Å². The lowest BCUT2D eigenvalue weighted by atomic mass is 9.86. The van der Waals surface area contributed by atoms with Crippen molar-refractivity contribution in [2.24, 2.45) is 0 Å². The summed E-state index contributed by atoms with van der Waals surface area (Å²) in [5, 5.41) is 9.13. The quantitative estimate of drug-likeness (QED) is 0.772. The summed E-state index contributed by atoms with van der Waals surface area (Å²) >= 11 is 2.22. The lowest BCUT2D eigenvalue weighted by molar-refractivity contribution is 0.336. The van der Waals surface area contributed by atoms with Gasteiger partial charge in [-0.15, -0.1) is 0 Å². The Bertz CT molecular complexity index is 427. The van der Waals surface area contributed by atoms with E-state index in [1.165, 1.54) is 0 Å². The van der Waals surface area contributed by atoms with Gasteiger partial charge in [0.25, 0.3) is 0 Å². The first-order valence-corrected chi connectivity index (χ1v) is 6.35. The molecular weight excluding hydrogens is 313 g/mol. The maximum absolute atomic E-state index is 9.13. The minimum Gasteiger partial charge on any atom is -0.491 e. The van der Waals surface area contributed by atoms with Crippen LogP contribution in [0.5, 0.6) is 5.75 Å². The van der Waals surface area contributed by atoms with Crippen LogP contribution < -0.4 is 4.74 Å². The van der Waals surface area contributed by atoms with E-state index < -0.39 is 0 Å². The lowest BCUT2D eigenvalue weighted by Gasteiger charge is -2.21. The van der Waals surface area contributed by atoms with Crippen LogP contribution in [0.1, 0.15) is 38.8 Å². The van der Waals surface area contributed by atoms with Gasteiger partial charge in [0.15, 0.2) is 0 Å². The Morgan fingerprint density at radius 1 is 1.38 bits per heavy atom. The van der Waals surface area contributed by atoms with Crippen molar-refractivity contribution in [3.63, 3.8) is 0 Å². The molecule has 0 aliphatic heterocycles. The summed E-state index contributed by atoms with van der Waals surface area (Å²) in [6.45, 7) is 8.92. The van der Waals surface area contributed by atoms with Crippen molar-refractivity contribution >= 4 is 22.6 Å². The first kappa shape index (κ1) is 13.3. The second kappa shape index (κ2) is 5.05. The van der Waals surface area contributed by atoms with E-state index in [2.05, 4.69) is 55.5 Å². The zero-order valence-corrected chi connectivity index (χ0v) is 12.3. The second-order valence-corrected chi connectivity index (χ2v) is 5.79. The van der Waals surface area contributed by atoms with Gasteiger partial charge < -0.3 is 4.74 Å². The van der Waals surface area contributed by atoms with Gasteiger partial charge in [0, 0.05) is 0 Å². The molecular formula is C13H16INO. The summed E-state index contributed by atoms with van der Waals surface area (Å²) in [6.07, 6.45) is 0. The summed E-state index contributed by atoms with van der Waals surface area (Å²) in [6, 6.07) is 6.22. The Labute approximate surface area is 111 Å². The van der Waals surface area contributed by atoms with Crippen LogP contribution in [0, 0.1) is 14.9 Å². The van der Waals surface area contributed by atoms with Crippen LogP contribution in [0.25, 0.3) is 0 Å². The molecule has 3 heteroatoms. The molecule has 2 nitrogen and oxygen atoms in total. The molecule has 0 spiro atoms. The van der Waals surface area contributed by atoms with Crippen molar-refractivity contribution in [1.29, 1.82) is 5.26 Å². The van der Waals surface area contributed by atoms with E-state index in [9.17, 15) is 0 Å². The molecule has 0 fully saturated rings. The van der Waals surface area contributed by atoms with Crippen LogP contribution in [0.2, 0.25) is 0 Å². The number of ether oxygens (including phenoxy) is 1. The van der Waals surface area contributed by atoms with Crippen molar-refractivity contribution in [3.8, 4) is 11.8 Å². The number of nitrogens with zero attached hydrogens (tertiary/aromatic N) is 1. The lowest BCUT2D eigenvalue weighted by Crippen LogP contribution is -2.12. The highest BCUT2D eigenvalue weighted by Gasteiger charge is 2.18. The molecule has 0 saturated carbocycles. The fraction of sp³-hybridized carbons (Fsp3) is 0.462. The van der Waals surface area contributed by atoms with E-state index in [4.69, 9.17) is 10.00 Å². The summed E-state index contributed by atoms with van der Waals surface area (Å²) in [7, 11) is 0. The van der Waals surface area contributed by atoms with Crippen molar-refractivity contribution < 1.29 is 4.74 Å². The first-order chi connectivity index (χ1) is 7.40. The molecule has 0 aliphatic carbocycles. The van der Waals surface area contributed by atoms with Crippen LogP contribution in [0.4, 0.5) is 0 Å². The molecule has 1 aromatic carbocycles. The average molecular weight is 329 g/mol. The maximum Gasteiger partial charge on any atom is 0.150 e. The van der Waals surface area contributed by atoms with Gasteiger partial charge in [-0.25, -0.2) is 0 Å². The minimum atomic E-state index is 0.0519. The predicted octanol–water partition coefficient (Wildman–Crippen LogP) is 3.86. The highest BCUT2D eigenvalue weighted by atomic mass is 127. The number of hydrogen-bond acceptors (Lipinski definition) is 2. The molecule has 0 bridgehead atoms. The van der Waals surface area contributed by atoms with E-state index in [0.717, 1.165) is 9.13 Å². The van der Waals surface area contributed by atoms with Crippen LogP contribution in [0.15, 0.2) is 12.1 Å². The third-order valence-electron chi connectivity index (χ3n) is 2.32. The minimum absolute atomic E-state index is 0.0519. The molecule has 1 rings (SSSR count). The topological polar surface area (TPSA) is 33.0 Å². The Hall–Kier alpha value is -0.760. The van der Waals surface area contributed by atoms with Crippen molar-refractivity contribution in [3.05, 3.63) is 26.8 Å². The van der Waals surface area contributed by atoms with Crippen LogP contribution >= 0.6 is 22.6 Å². The number of hydrogen-bond donors (Lipinski definition) is 0. The zero-order chi connectivity index (χ0) is 12.3. The smallest absolute Gasteiger partial charge is 0.150 e. The van der Waals surface area contributed by atoms with Gasteiger partial charge >= 0.3 is 0 Å². The zero-order valence-electron chi connectivity index (χ0n) is 10.1. The molecule has 0 atom stereocenters. The van der Waals surface area contributed by atoms with E-state index in [1.807, 2.05) is 13.0 Å². The average Bonchev–Trinajstić information content (AvgIpc) is 2.19. The number of halogens is 1. The number of benzene rings is 1. The number of nitriles is 1. The van der Waals surface area contributed by atoms with Crippen LogP contribution in [-0.4, -0.2) is 6.61 Å². The predicted molar refractivity (Wildman–Crippen MR) is 73.7 cm³/mol. The fourth-order valence-electron chi connectivity index (χ4n) is 1.40. The standard InChI is InChI=1S/C13H16INO/c1-5-16-12-9(8-15)6-10(7-11(12)14)13(2,3)4/h6-7H,5H2,1-4H3. The summed E-state index contributed by atoms with van der Waals surface area (Å²) in [4.78, 5) is 0. The van der Waals surface area contributed by atoms with Gasteiger partial charge in [-0.3, -0.25) is 0 Å². The second-order valence-electron chi connectivity index (χ2n) is 4.63. The molecule has 0 radical (unpaired) electrons. The van der Waals surface area contributed by atoms with Gasteiger partial charge in [-0.05, 0) is 52.6 Å². The highest BCUT2D eigenvalue weighted by molar-refractivity contribution is 14.1. The SMILES string of the molecule is CCOc1c(I)cc(C(C)(C)C)cc1C#N. The van der Waals surface area contributed by atoms with Gasteiger partial charge in [0.2, 0.25) is 0 Å².